The number of ketones is 2. The summed E-state index contributed by atoms with van der Waals surface area (Å²) < 4.78 is 0. The molecule has 2 aliphatic carbocycles. The highest BCUT2D eigenvalue weighted by Gasteiger charge is 2.36. The molecule has 43 heavy (non-hydrogen) atoms. The van der Waals surface area contributed by atoms with Crippen LogP contribution in [0.2, 0.25) is 0 Å². The third-order valence-electron chi connectivity index (χ3n) is 8.18. The third-order valence-corrected chi connectivity index (χ3v) is 8.18. The van der Waals surface area contributed by atoms with Crippen molar-refractivity contribution in [1.82, 2.24) is 0 Å². The van der Waals surface area contributed by atoms with Crippen molar-refractivity contribution in [2.24, 2.45) is 16.7 Å². The lowest BCUT2D eigenvalue weighted by Crippen LogP contribution is -2.32. The van der Waals surface area contributed by atoms with Crippen molar-refractivity contribution in [3.8, 4) is 0 Å². The van der Waals surface area contributed by atoms with Gasteiger partial charge in [0, 0.05) is 17.9 Å². The predicted molar refractivity (Wildman–Crippen MR) is 183 cm³/mol. The lowest BCUT2D eigenvalue weighted by Gasteiger charge is -2.38. The number of hydrogen-bond donors (Lipinski definition) is 1. The topological polar surface area (TPSA) is 54.4 Å². The van der Waals surface area contributed by atoms with Gasteiger partial charge < -0.3 is 5.11 Å². The highest BCUT2D eigenvalue weighted by Crippen LogP contribution is 2.42. The first-order valence-corrected chi connectivity index (χ1v) is 15.3. The van der Waals surface area contributed by atoms with Crippen LogP contribution in [-0.4, -0.2) is 22.8 Å². The standard InChI is InChI=1S/C40H52O3/c1-28(17-13-19-30(3)21-23-35-32(5)25-34(41)26-39(35,7)8)15-11-12-16-29(2)18-14-20-31(4)22-24-36-33(6)38(43)37(42)27-40(36,9)10/h11-25,34-35,41H,26-27H2,1-10H3/b12-11+,17-13+,18-14+,23-21+,24-22+,28-15+,29-16+,30-19+,31-20+/t34?,35-/m0/s1. The van der Waals surface area contributed by atoms with Crippen molar-refractivity contribution in [3.05, 3.63) is 130 Å². The Balaban J connectivity index is 1.92. The van der Waals surface area contributed by atoms with Crippen molar-refractivity contribution in [3.63, 3.8) is 0 Å². The van der Waals surface area contributed by atoms with E-state index >= 15 is 0 Å². The van der Waals surface area contributed by atoms with Crippen molar-refractivity contribution >= 4 is 11.6 Å². The monoisotopic (exact) mass is 580 g/mol. The van der Waals surface area contributed by atoms with E-state index in [1.54, 1.807) is 6.92 Å². The van der Waals surface area contributed by atoms with Crippen LogP contribution in [0.1, 0.15) is 82.1 Å². The van der Waals surface area contributed by atoms with Gasteiger partial charge in [-0.3, -0.25) is 9.59 Å². The third kappa shape index (κ3) is 11.2. The van der Waals surface area contributed by atoms with Gasteiger partial charge in [-0.25, -0.2) is 0 Å². The molecule has 0 saturated carbocycles. The highest BCUT2D eigenvalue weighted by atomic mass is 16.3. The van der Waals surface area contributed by atoms with Crippen LogP contribution in [0.5, 0.6) is 0 Å². The molecule has 2 atom stereocenters. The zero-order valence-electron chi connectivity index (χ0n) is 28.0. The summed E-state index contributed by atoms with van der Waals surface area (Å²) in [6, 6.07) is 0. The quantitative estimate of drug-likeness (QED) is 0.159. The molecule has 1 N–H and O–H groups in total. The minimum absolute atomic E-state index is 0.0451. The van der Waals surface area contributed by atoms with Crippen LogP contribution in [0, 0.1) is 16.7 Å². The van der Waals surface area contributed by atoms with Crippen LogP contribution in [0.25, 0.3) is 0 Å². The summed E-state index contributed by atoms with van der Waals surface area (Å²) in [5.41, 5.74) is 6.99. The molecule has 1 unspecified atom stereocenters. The summed E-state index contributed by atoms with van der Waals surface area (Å²) in [7, 11) is 0. The Kier molecular flexibility index (Phi) is 13.1. The van der Waals surface area contributed by atoms with Gasteiger partial charge in [-0.05, 0) is 64.4 Å². The van der Waals surface area contributed by atoms with Crippen LogP contribution in [0.15, 0.2) is 130 Å². The Hall–Kier alpha value is -3.56. The summed E-state index contributed by atoms with van der Waals surface area (Å²) in [6.45, 7) is 20.6. The molecule has 0 spiro atoms. The van der Waals surface area contributed by atoms with E-state index in [4.69, 9.17) is 0 Å². The fourth-order valence-electron chi connectivity index (χ4n) is 5.73. The molecule has 0 amide bonds. The van der Waals surface area contributed by atoms with Crippen LogP contribution in [0.3, 0.4) is 0 Å². The Morgan fingerprint density at radius 3 is 1.79 bits per heavy atom. The first-order chi connectivity index (χ1) is 20.0. The zero-order valence-corrected chi connectivity index (χ0v) is 28.0. The average Bonchev–Trinajstić information content (AvgIpc) is 2.88. The van der Waals surface area contributed by atoms with Gasteiger partial charge in [-0.2, -0.15) is 0 Å². The summed E-state index contributed by atoms with van der Waals surface area (Å²) in [5, 5.41) is 10.1. The van der Waals surface area contributed by atoms with E-state index < -0.39 is 0 Å². The van der Waals surface area contributed by atoms with Crippen LogP contribution in [-0.2, 0) is 9.59 Å². The van der Waals surface area contributed by atoms with E-state index in [2.05, 4.69) is 90.2 Å². The largest absolute Gasteiger partial charge is 0.389 e. The van der Waals surface area contributed by atoms with E-state index in [-0.39, 0.29) is 34.9 Å². The maximum atomic E-state index is 12.1. The second kappa shape index (κ2) is 15.8. The van der Waals surface area contributed by atoms with Gasteiger partial charge in [0.1, 0.15) is 0 Å². The molecular formula is C40H52O3. The molecule has 3 heteroatoms. The highest BCUT2D eigenvalue weighted by molar-refractivity contribution is 6.44. The lowest BCUT2D eigenvalue weighted by atomic mass is 9.67. The summed E-state index contributed by atoms with van der Waals surface area (Å²) in [4.78, 5) is 24.1. The molecule has 0 aromatic rings. The minimum Gasteiger partial charge on any atom is -0.389 e. The Labute approximate surface area is 260 Å². The molecule has 0 heterocycles. The first-order valence-electron chi connectivity index (χ1n) is 15.3. The van der Waals surface area contributed by atoms with Gasteiger partial charge in [0.15, 0.2) is 0 Å². The smallest absolute Gasteiger partial charge is 0.224 e. The first kappa shape index (κ1) is 35.6. The fourth-order valence-corrected chi connectivity index (χ4v) is 5.73. The van der Waals surface area contributed by atoms with Gasteiger partial charge in [-0.15, -0.1) is 0 Å². The van der Waals surface area contributed by atoms with E-state index in [9.17, 15) is 14.7 Å². The fraction of sp³-hybridized carbons (Fsp3) is 0.400. The lowest BCUT2D eigenvalue weighted by molar-refractivity contribution is -0.136. The maximum Gasteiger partial charge on any atom is 0.224 e. The van der Waals surface area contributed by atoms with E-state index in [1.807, 2.05) is 63.3 Å². The second-order valence-corrected chi connectivity index (χ2v) is 13.4. The van der Waals surface area contributed by atoms with Crippen molar-refractivity contribution < 1.29 is 14.7 Å². The molecule has 2 aliphatic rings. The Morgan fingerprint density at radius 2 is 1.26 bits per heavy atom. The van der Waals surface area contributed by atoms with Gasteiger partial charge in [0.25, 0.3) is 0 Å². The number of aliphatic hydroxyl groups excluding tert-OH is 1. The van der Waals surface area contributed by atoms with Gasteiger partial charge in [0.05, 0.1) is 6.10 Å². The van der Waals surface area contributed by atoms with Crippen LogP contribution < -0.4 is 0 Å². The molecule has 0 aromatic heterocycles. The van der Waals surface area contributed by atoms with Crippen molar-refractivity contribution in [2.75, 3.05) is 0 Å². The van der Waals surface area contributed by atoms with E-state index in [0.29, 0.717) is 11.5 Å². The van der Waals surface area contributed by atoms with Crippen molar-refractivity contribution in [1.29, 1.82) is 0 Å². The molecule has 3 nitrogen and oxygen atoms in total. The summed E-state index contributed by atoms with van der Waals surface area (Å²) in [5.74, 6) is -0.322. The average molecular weight is 581 g/mol. The molecule has 0 aromatic carbocycles. The number of Topliss-reactive ketones (excluding diaryl/α,β-unsaturated/α-hetero) is 2. The Bertz CT molecular complexity index is 1400. The molecule has 0 saturated heterocycles. The van der Waals surface area contributed by atoms with Crippen LogP contribution >= 0.6 is 0 Å². The zero-order chi connectivity index (χ0) is 32.4. The molecular weight excluding hydrogens is 528 g/mol. The number of carbonyl (C=O) groups excluding carboxylic acids is 2. The van der Waals surface area contributed by atoms with Crippen molar-refractivity contribution in [2.45, 2.75) is 88.2 Å². The molecule has 0 radical (unpaired) electrons. The predicted octanol–water partition coefficient (Wildman–Crippen LogP) is 9.79. The van der Waals surface area contributed by atoms with Gasteiger partial charge in [-0.1, -0.05) is 147 Å². The number of allylic oxidation sites excluding steroid dienone is 21. The SMILES string of the molecule is CC1=CC(O)CC(C)(C)[C@H]1/C=C/C(C)=C/C=C/C(C)=C/C=C/C=C(C)/C=C/C=C(C)/C=C/C1=C(C)C(=O)C(=O)CC1(C)C. The van der Waals surface area contributed by atoms with Gasteiger partial charge in [0.2, 0.25) is 11.6 Å². The number of aliphatic hydroxyl groups is 1. The normalized spacial score (nSPS) is 24.6. The molecule has 0 fully saturated rings. The number of carbonyl (C=O) groups is 2. The molecule has 0 bridgehead atoms. The molecule has 0 aliphatic heterocycles. The number of rotatable bonds is 10. The molecule has 230 valence electrons. The number of hydrogen-bond acceptors (Lipinski definition) is 3. The van der Waals surface area contributed by atoms with E-state index in [1.165, 1.54) is 11.1 Å². The summed E-state index contributed by atoms with van der Waals surface area (Å²) >= 11 is 0. The van der Waals surface area contributed by atoms with E-state index in [0.717, 1.165) is 28.7 Å². The second-order valence-electron chi connectivity index (χ2n) is 13.4. The molecule has 2 rings (SSSR count). The van der Waals surface area contributed by atoms with Gasteiger partial charge >= 0.3 is 0 Å². The Morgan fingerprint density at radius 1 is 0.767 bits per heavy atom. The minimum atomic E-state index is -0.361. The summed E-state index contributed by atoms with van der Waals surface area (Å²) in [6.07, 6.45) is 31.8. The van der Waals surface area contributed by atoms with Crippen LogP contribution in [0.4, 0.5) is 0 Å². The maximum absolute atomic E-state index is 12.1.